The molecule has 0 aromatic rings. The van der Waals surface area contributed by atoms with Crippen molar-refractivity contribution in [3.63, 3.8) is 0 Å². The molecule has 0 bridgehead atoms. The van der Waals surface area contributed by atoms with E-state index in [1.165, 1.54) is 12.2 Å². The summed E-state index contributed by atoms with van der Waals surface area (Å²) in [6.07, 6.45) is 1.21. The Morgan fingerprint density at radius 2 is 2.43 bits per heavy atom. The first-order chi connectivity index (χ1) is 6.79. The van der Waals surface area contributed by atoms with E-state index >= 15 is 0 Å². The lowest BCUT2D eigenvalue weighted by Crippen LogP contribution is -2.27. The van der Waals surface area contributed by atoms with Crippen molar-refractivity contribution in [3.8, 4) is 0 Å². The smallest absolute Gasteiger partial charge is 0.156 e. The number of aliphatic imine (C=N–C) groups is 1. The largest absolute Gasteiger partial charge is 0.379 e. The fourth-order valence-corrected chi connectivity index (χ4v) is 1.97. The number of thioether (sulfide) groups is 1. The zero-order valence-electron chi connectivity index (χ0n) is 9.08. The quantitative estimate of drug-likeness (QED) is 0.711. The molecule has 1 rings (SSSR count). The average molecular weight is 216 g/mol. The van der Waals surface area contributed by atoms with Gasteiger partial charge in [0, 0.05) is 25.4 Å². The van der Waals surface area contributed by atoms with Gasteiger partial charge in [0.25, 0.3) is 0 Å². The highest BCUT2D eigenvalue weighted by molar-refractivity contribution is 8.13. The van der Waals surface area contributed by atoms with E-state index in [0.29, 0.717) is 5.92 Å². The van der Waals surface area contributed by atoms with Gasteiger partial charge in [0.1, 0.15) is 0 Å². The molecule has 1 N–H and O–H groups in total. The van der Waals surface area contributed by atoms with Crippen LogP contribution in [0.25, 0.3) is 0 Å². The van der Waals surface area contributed by atoms with Gasteiger partial charge in [0.2, 0.25) is 0 Å². The number of nitrogens with one attached hydrogen (secondary N) is 1. The van der Waals surface area contributed by atoms with Gasteiger partial charge in [0.05, 0.1) is 6.61 Å². The van der Waals surface area contributed by atoms with Gasteiger partial charge in [-0.05, 0) is 12.3 Å². The first-order valence-electron chi connectivity index (χ1n) is 5.28. The fourth-order valence-electron chi connectivity index (χ4n) is 1.12. The van der Waals surface area contributed by atoms with Crippen LogP contribution in [0.3, 0.4) is 0 Å². The van der Waals surface area contributed by atoms with Crippen molar-refractivity contribution in [2.75, 3.05) is 32.1 Å². The molecular weight excluding hydrogens is 196 g/mol. The van der Waals surface area contributed by atoms with Crippen molar-refractivity contribution in [1.29, 1.82) is 0 Å². The van der Waals surface area contributed by atoms with E-state index in [9.17, 15) is 0 Å². The normalized spacial score (nSPS) is 16.9. The highest BCUT2D eigenvalue weighted by Crippen LogP contribution is 2.09. The third kappa shape index (κ3) is 5.50. The molecule has 0 unspecified atom stereocenters. The fraction of sp³-hybridized carbons (Fsp3) is 0.900. The van der Waals surface area contributed by atoms with Crippen molar-refractivity contribution in [3.05, 3.63) is 0 Å². The maximum Gasteiger partial charge on any atom is 0.156 e. The summed E-state index contributed by atoms with van der Waals surface area (Å²) >= 11 is 1.81. The minimum atomic E-state index is 0.622. The molecule has 0 atom stereocenters. The van der Waals surface area contributed by atoms with Gasteiger partial charge in [-0.1, -0.05) is 25.6 Å². The molecule has 0 aromatic carbocycles. The Morgan fingerprint density at radius 3 is 3.07 bits per heavy atom. The Bertz CT molecular complexity index is 183. The molecule has 4 heteroatoms. The van der Waals surface area contributed by atoms with Crippen molar-refractivity contribution >= 4 is 16.9 Å². The highest BCUT2D eigenvalue weighted by atomic mass is 32.2. The molecule has 1 heterocycles. The Hall–Kier alpha value is -0.220. The van der Waals surface area contributed by atoms with Crippen LogP contribution in [0, 0.1) is 5.92 Å². The van der Waals surface area contributed by atoms with Crippen LogP contribution in [0.15, 0.2) is 4.99 Å². The highest BCUT2D eigenvalue weighted by Gasteiger charge is 2.04. The van der Waals surface area contributed by atoms with Crippen LogP contribution >= 0.6 is 11.8 Å². The van der Waals surface area contributed by atoms with Crippen LogP contribution in [-0.4, -0.2) is 37.2 Å². The lowest BCUT2D eigenvalue weighted by atomic mass is 10.2. The van der Waals surface area contributed by atoms with Crippen molar-refractivity contribution in [2.24, 2.45) is 10.9 Å². The number of hydrogen-bond donors (Lipinski definition) is 1. The van der Waals surface area contributed by atoms with Crippen molar-refractivity contribution in [1.82, 2.24) is 5.32 Å². The molecule has 0 saturated heterocycles. The maximum atomic E-state index is 5.46. The van der Waals surface area contributed by atoms with E-state index in [-0.39, 0.29) is 0 Å². The summed E-state index contributed by atoms with van der Waals surface area (Å²) in [6.45, 7) is 7.79. The maximum absolute atomic E-state index is 5.46. The molecule has 0 aliphatic carbocycles. The predicted octanol–water partition coefficient (Wildman–Crippen LogP) is 1.74. The molecule has 1 aliphatic rings. The molecule has 0 saturated carbocycles. The number of amidine groups is 1. The molecule has 3 nitrogen and oxygen atoms in total. The van der Waals surface area contributed by atoms with Crippen LogP contribution in [0.1, 0.15) is 20.3 Å². The van der Waals surface area contributed by atoms with Gasteiger partial charge < -0.3 is 10.1 Å². The van der Waals surface area contributed by atoms with Gasteiger partial charge in [-0.25, -0.2) is 0 Å². The molecule has 0 amide bonds. The predicted molar refractivity (Wildman–Crippen MR) is 63.0 cm³/mol. The second-order valence-corrected chi connectivity index (χ2v) is 4.87. The molecular formula is C10H20N2OS. The molecule has 0 aromatic heterocycles. The van der Waals surface area contributed by atoms with Crippen LogP contribution in [0.4, 0.5) is 0 Å². The van der Waals surface area contributed by atoms with Gasteiger partial charge in [-0.2, -0.15) is 0 Å². The summed E-state index contributed by atoms with van der Waals surface area (Å²) in [6, 6.07) is 0. The van der Waals surface area contributed by atoms with Gasteiger partial charge in [-0.15, -0.1) is 0 Å². The number of nitrogens with zero attached hydrogens (tertiary/aromatic N) is 1. The minimum absolute atomic E-state index is 0.622. The number of hydrogen-bond acceptors (Lipinski definition) is 4. The van der Waals surface area contributed by atoms with E-state index < -0.39 is 0 Å². The third-order valence-electron chi connectivity index (χ3n) is 1.77. The number of rotatable bonds is 5. The summed E-state index contributed by atoms with van der Waals surface area (Å²) in [5, 5.41) is 4.37. The summed E-state index contributed by atoms with van der Waals surface area (Å²) in [7, 11) is 0. The van der Waals surface area contributed by atoms with Crippen LogP contribution in [0.2, 0.25) is 0 Å². The van der Waals surface area contributed by atoms with Crippen LogP contribution < -0.4 is 5.32 Å². The molecule has 1 aliphatic heterocycles. The third-order valence-corrected chi connectivity index (χ3v) is 2.81. The lowest BCUT2D eigenvalue weighted by Gasteiger charge is -2.13. The topological polar surface area (TPSA) is 33.6 Å². The van der Waals surface area contributed by atoms with E-state index in [0.717, 1.165) is 31.5 Å². The summed E-state index contributed by atoms with van der Waals surface area (Å²) in [5.41, 5.74) is 0. The van der Waals surface area contributed by atoms with Gasteiger partial charge >= 0.3 is 0 Å². The molecule has 0 spiro atoms. The summed E-state index contributed by atoms with van der Waals surface area (Å²) < 4.78 is 5.46. The second kappa shape index (κ2) is 7.12. The van der Waals surface area contributed by atoms with Gasteiger partial charge in [0.15, 0.2) is 5.17 Å². The Morgan fingerprint density at radius 1 is 1.57 bits per heavy atom. The van der Waals surface area contributed by atoms with Crippen LogP contribution in [-0.2, 0) is 4.74 Å². The lowest BCUT2D eigenvalue weighted by molar-refractivity contribution is 0.114. The number of ether oxygens (including phenoxy) is 1. The Labute approximate surface area is 90.7 Å². The average Bonchev–Trinajstić information content (AvgIpc) is 2.18. The summed E-state index contributed by atoms with van der Waals surface area (Å²) in [5.74, 6) is 1.81. The zero-order valence-corrected chi connectivity index (χ0v) is 9.90. The minimum Gasteiger partial charge on any atom is -0.379 e. The Kier molecular flexibility index (Phi) is 6.03. The SMILES string of the molecule is CC(C)COCCNC1=NCCCS1. The monoisotopic (exact) mass is 216 g/mol. The zero-order chi connectivity index (χ0) is 10.2. The Balaban J connectivity index is 1.95. The summed E-state index contributed by atoms with van der Waals surface area (Å²) in [4.78, 5) is 4.38. The molecule has 0 radical (unpaired) electrons. The molecule has 82 valence electrons. The van der Waals surface area contributed by atoms with E-state index in [2.05, 4.69) is 24.2 Å². The van der Waals surface area contributed by atoms with Gasteiger partial charge in [-0.3, -0.25) is 4.99 Å². The van der Waals surface area contributed by atoms with Crippen molar-refractivity contribution in [2.45, 2.75) is 20.3 Å². The van der Waals surface area contributed by atoms with E-state index in [4.69, 9.17) is 4.74 Å². The second-order valence-electron chi connectivity index (χ2n) is 3.78. The first kappa shape index (κ1) is 11.9. The van der Waals surface area contributed by atoms with E-state index in [1.807, 2.05) is 11.8 Å². The van der Waals surface area contributed by atoms with Crippen LogP contribution in [0.5, 0.6) is 0 Å². The first-order valence-corrected chi connectivity index (χ1v) is 6.26. The van der Waals surface area contributed by atoms with Crippen molar-refractivity contribution < 1.29 is 4.74 Å². The molecule has 14 heavy (non-hydrogen) atoms. The standard InChI is InChI=1S/C10H20N2OS/c1-9(2)8-13-6-5-12-10-11-4-3-7-14-10/h9H,3-8H2,1-2H3,(H,11,12). The molecule has 0 fully saturated rings. The van der Waals surface area contributed by atoms with E-state index in [1.54, 1.807) is 0 Å².